The van der Waals surface area contributed by atoms with Crippen LogP contribution in [0.5, 0.6) is 5.75 Å². The SMILES string of the molecule is COc1ccc(NC(=O)C2CC(C)(C)C=CC2=O)cc1. The fourth-order valence-electron chi connectivity index (χ4n) is 2.24. The van der Waals surface area contributed by atoms with Crippen molar-refractivity contribution in [1.29, 1.82) is 0 Å². The Hall–Kier alpha value is -2.10. The molecule has 2 rings (SSSR count). The van der Waals surface area contributed by atoms with Gasteiger partial charge >= 0.3 is 0 Å². The molecule has 1 unspecified atom stereocenters. The summed E-state index contributed by atoms with van der Waals surface area (Å²) in [6.45, 7) is 4.03. The third-order valence-corrected chi connectivity index (χ3v) is 3.45. The molecule has 106 valence electrons. The third-order valence-electron chi connectivity index (χ3n) is 3.45. The summed E-state index contributed by atoms with van der Waals surface area (Å²) in [5.74, 6) is -0.272. The second-order valence-electron chi connectivity index (χ2n) is 5.70. The van der Waals surface area contributed by atoms with E-state index in [1.54, 1.807) is 31.4 Å². The van der Waals surface area contributed by atoms with Gasteiger partial charge in [-0.2, -0.15) is 0 Å². The van der Waals surface area contributed by atoms with Gasteiger partial charge in [0.25, 0.3) is 0 Å². The molecule has 0 bridgehead atoms. The molecular formula is C16H19NO3. The minimum absolute atomic E-state index is 0.129. The van der Waals surface area contributed by atoms with Gasteiger partial charge in [0.05, 0.1) is 7.11 Å². The summed E-state index contributed by atoms with van der Waals surface area (Å²) >= 11 is 0. The molecule has 0 aromatic heterocycles. The first-order valence-electron chi connectivity index (χ1n) is 6.59. The van der Waals surface area contributed by atoms with Gasteiger partial charge in [-0.1, -0.05) is 19.9 Å². The van der Waals surface area contributed by atoms with Gasteiger partial charge in [-0.15, -0.1) is 0 Å². The lowest BCUT2D eigenvalue weighted by Gasteiger charge is -2.28. The number of carbonyl (C=O) groups excluding carboxylic acids is 2. The Bertz CT molecular complexity index is 543. The van der Waals surface area contributed by atoms with Crippen LogP contribution < -0.4 is 10.1 Å². The van der Waals surface area contributed by atoms with Crippen molar-refractivity contribution in [2.75, 3.05) is 12.4 Å². The molecule has 20 heavy (non-hydrogen) atoms. The van der Waals surface area contributed by atoms with Gasteiger partial charge in [-0.3, -0.25) is 9.59 Å². The molecule has 0 radical (unpaired) electrons. The number of hydrogen-bond donors (Lipinski definition) is 1. The standard InChI is InChI=1S/C16H19NO3/c1-16(2)9-8-14(18)13(10-16)15(19)17-11-4-6-12(20-3)7-5-11/h4-9,13H,10H2,1-3H3,(H,17,19). The number of allylic oxidation sites excluding steroid dienone is 2. The number of ether oxygens (including phenoxy) is 1. The topological polar surface area (TPSA) is 55.4 Å². The van der Waals surface area contributed by atoms with Crippen molar-refractivity contribution in [3.8, 4) is 5.75 Å². The van der Waals surface area contributed by atoms with E-state index in [0.717, 1.165) is 5.75 Å². The summed E-state index contributed by atoms with van der Waals surface area (Å²) in [7, 11) is 1.59. The molecule has 0 saturated heterocycles. The highest BCUT2D eigenvalue weighted by Crippen LogP contribution is 2.32. The minimum Gasteiger partial charge on any atom is -0.497 e. The maximum atomic E-state index is 12.2. The normalized spacial score (nSPS) is 20.6. The predicted molar refractivity (Wildman–Crippen MR) is 77.7 cm³/mol. The van der Waals surface area contributed by atoms with E-state index in [-0.39, 0.29) is 17.1 Å². The van der Waals surface area contributed by atoms with Crippen LogP contribution in [0.2, 0.25) is 0 Å². The molecule has 1 aliphatic rings. The maximum absolute atomic E-state index is 12.2. The van der Waals surface area contributed by atoms with Crippen molar-refractivity contribution in [1.82, 2.24) is 0 Å². The third kappa shape index (κ3) is 3.26. The highest BCUT2D eigenvalue weighted by Gasteiger charge is 2.34. The molecule has 1 atom stereocenters. The first-order chi connectivity index (χ1) is 9.41. The molecule has 0 saturated carbocycles. The van der Waals surface area contributed by atoms with Crippen molar-refractivity contribution in [2.24, 2.45) is 11.3 Å². The molecule has 0 aliphatic heterocycles. The number of hydrogen-bond acceptors (Lipinski definition) is 3. The lowest BCUT2D eigenvalue weighted by atomic mass is 9.76. The average Bonchev–Trinajstić information content (AvgIpc) is 2.42. The largest absolute Gasteiger partial charge is 0.497 e. The molecule has 4 heteroatoms. The van der Waals surface area contributed by atoms with Gasteiger partial charge in [0, 0.05) is 5.69 Å². The molecule has 1 aromatic rings. The summed E-state index contributed by atoms with van der Waals surface area (Å²) in [5, 5.41) is 2.78. The fraction of sp³-hybridized carbons (Fsp3) is 0.375. The Kier molecular flexibility index (Phi) is 3.93. The smallest absolute Gasteiger partial charge is 0.235 e. The Morgan fingerprint density at radius 2 is 1.95 bits per heavy atom. The number of rotatable bonds is 3. The van der Waals surface area contributed by atoms with Gasteiger partial charge in [0.2, 0.25) is 5.91 Å². The Morgan fingerprint density at radius 1 is 1.30 bits per heavy atom. The molecule has 1 aromatic carbocycles. The zero-order valence-corrected chi connectivity index (χ0v) is 12.0. The molecule has 4 nitrogen and oxygen atoms in total. The van der Waals surface area contributed by atoms with Crippen LogP contribution in [-0.2, 0) is 9.59 Å². The summed E-state index contributed by atoms with van der Waals surface area (Å²) < 4.78 is 5.06. The van der Waals surface area contributed by atoms with Crippen LogP contribution in [0.3, 0.4) is 0 Å². The van der Waals surface area contributed by atoms with E-state index >= 15 is 0 Å². The molecule has 1 amide bonds. The second-order valence-corrected chi connectivity index (χ2v) is 5.70. The van der Waals surface area contributed by atoms with E-state index in [9.17, 15) is 9.59 Å². The van der Waals surface area contributed by atoms with Gasteiger partial charge in [0.1, 0.15) is 11.7 Å². The van der Waals surface area contributed by atoms with E-state index < -0.39 is 5.92 Å². The van der Waals surface area contributed by atoms with E-state index in [4.69, 9.17) is 4.74 Å². The number of amides is 1. The number of benzene rings is 1. The van der Waals surface area contributed by atoms with Crippen LogP contribution in [0.1, 0.15) is 20.3 Å². The quantitative estimate of drug-likeness (QED) is 0.862. The highest BCUT2D eigenvalue weighted by molar-refractivity contribution is 6.11. The van der Waals surface area contributed by atoms with E-state index in [1.807, 2.05) is 19.9 Å². The number of methoxy groups -OCH3 is 1. The number of nitrogens with one attached hydrogen (secondary N) is 1. The first-order valence-corrected chi connectivity index (χ1v) is 6.59. The zero-order valence-electron chi connectivity index (χ0n) is 12.0. The lowest BCUT2D eigenvalue weighted by molar-refractivity contribution is -0.130. The highest BCUT2D eigenvalue weighted by atomic mass is 16.5. The number of ketones is 1. The predicted octanol–water partition coefficient (Wildman–Crippen LogP) is 2.81. The first kappa shape index (κ1) is 14.3. The van der Waals surface area contributed by atoms with Crippen molar-refractivity contribution < 1.29 is 14.3 Å². The van der Waals surface area contributed by atoms with Crippen LogP contribution in [0.25, 0.3) is 0 Å². The molecule has 0 spiro atoms. The van der Waals surface area contributed by atoms with Gasteiger partial charge in [0.15, 0.2) is 5.78 Å². The molecule has 1 aliphatic carbocycles. The second kappa shape index (κ2) is 5.49. The summed E-state index contributed by atoms with van der Waals surface area (Å²) in [6.07, 6.45) is 3.92. The molecule has 1 N–H and O–H groups in total. The van der Waals surface area contributed by atoms with E-state index in [0.29, 0.717) is 12.1 Å². The molecule has 0 heterocycles. The van der Waals surface area contributed by atoms with E-state index in [2.05, 4.69) is 5.32 Å². The maximum Gasteiger partial charge on any atom is 0.235 e. The number of anilines is 1. The van der Waals surface area contributed by atoms with Crippen molar-refractivity contribution in [3.63, 3.8) is 0 Å². The van der Waals surface area contributed by atoms with E-state index in [1.165, 1.54) is 6.08 Å². The van der Waals surface area contributed by atoms with Gasteiger partial charge < -0.3 is 10.1 Å². The van der Waals surface area contributed by atoms with Crippen LogP contribution in [0.4, 0.5) is 5.69 Å². The lowest BCUT2D eigenvalue weighted by Crippen LogP contribution is -2.35. The average molecular weight is 273 g/mol. The molecular weight excluding hydrogens is 254 g/mol. The summed E-state index contributed by atoms with van der Waals surface area (Å²) in [6, 6.07) is 7.04. The Labute approximate surface area is 118 Å². The van der Waals surface area contributed by atoms with Gasteiger partial charge in [-0.05, 0) is 42.2 Å². The minimum atomic E-state index is -0.614. The van der Waals surface area contributed by atoms with Crippen LogP contribution in [0.15, 0.2) is 36.4 Å². The number of carbonyl (C=O) groups is 2. The summed E-state index contributed by atoms with van der Waals surface area (Å²) in [4.78, 5) is 24.1. The van der Waals surface area contributed by atoms with Crippen LogP contribution >= 0.6 is 0 Å². The van der Waals surface area contributed by atoms with Crippen LogP contribution in [-0.4, -0.2) is 18.8 Å². The van der Waals surface area contributed by atoms with Crippen LogP contribution in [0, 0.1) is 11.3 Å². The fourth-order valence-corrected chi connectivity index (χ4v) is 2.24. The van der Waals surface area contributed by atoms with Crippen molar-refractivity contribution >= 4 is 17.4 Å². The monoisotopic (exact) mass is 273 g/mol. The Morgan fingerprint density at radius 3 is 2.55 bits per heavy atom. The van der Waals surface area contributed by atoms with Crippen molar-refractivity contribution in [3.05, 3.63) is 36.4 Å². The Balaban J connectivity index is 2.07. The van der Waals surface area contributed by atoms with Gasteiger partial charge in [-0.25, -0.2) is 0 Å². The summed E-state index contributed by atoms with van der Waals surface area (Å²) in [5.41, 5.74) is 0.534. The molecule has 0 fully saturated rings. The zero-order chi connectivity index (χ0) is 14.8. The van der Waals surface area contributed by atoms with Crippen molar-refractivity contribution in [2.45, 2.75) is 20.3 Å².